The maximum absolute atomic E-state index is 14.1. The van der Waals surface area contributed by atoms with Crippen LogP contribution in [0, 0.1) is 5.41 Å². The van der Waals surface area contributed by atoms with E-state index in [-0.39, 0.29) is 17.4 Å². The molecule has 1 aromatic heterocycles. The molecular weight excluding hydrogens is 440 g/mol. The van der Waals surface area contributed by atoms with Gasteiger partial charge in [-0.3, -0.25) is 23.9 Å². The second kappa shape index (κ2) is 6.90. The van der Waals surface area contributed by atoms with Gasteiger partial charge in [-0.25, -0.2) is 4.98 Å². The summed E-state index contributed by atoms with van der Waals surface area (Å²) in [4.78, 5) is 49.3. The van der Waals surface area contributed by atoms with E-state index in [9.17, 15) is 14.4 Å². The quantitative estimate of drug-likeness (QED) is 0.531. The van der Waals surface area contributed by atoms with Crippen molar-refractivity contribution in [2.45, 2.75) is 57.8 Å². The Morgan fingerprint density at radius 1 is 1.14 bits per heavy atom. The van der Waals surface area contributed by atoms with Crippen molar-refractivity contribution in [1.82, 2.24) is 14.5 Å². The minimum absolute atomic E-state index is 0.125. The fourth-order valence-electron chi connectivity index (χ4n) is 6.76. The number of anilines is 1. The van der Waals surface area contributed by atoms with E-state index in [2.05, 4.69) is 26.5 Å². The Morgan fingerprint density at radius 3 is 2.54 bits per heavy atom. The van der Waals surface area contributed by atoms with E-state index in [4.69, 9.17) is 4.98 Å². The molecule has 2 unspecified atom stereocenters. The molecule has 3 aliphatic rings. The topological polar surface area (TPSA) is 75.5 Å². The van der Waals surface area contributed by atoms with Crippen molar-refractivity contribution in [3.63, 3.8) is 0 Å². The zero-order valence-corrected chi connectivity index (χ0v) is 20.4. The van der Waals surface area contributed by atoms with Crippen LogP contribution in [0.25, 0.3) is 10.9 Å². The van der Waals surface area contributed by atoms with Gasteiger partial charge in [0.05, 0.1) is 16.9 Å². The molecule has 0 saturated carbocycles. The van der Waals surface area contributed by atoms with Crippen LogP contribution in [0.3, 0.4) is 0 Å². The summed E-state index contributed by atoms with van der Waals surface area (Å²) in [5.41, 5.74) is 1.17. The van der Waals surface area contributed by atoms with Crippen LogP contribution in [0.2, 0.25) is 0 Å². The van der Waals surface area contributed by atoms with Crippen molar-refractivity contribution in [2.75, 3.05) is 4.90 Å². The maximum Gasteiger partial charge on any atom is 0.262 e. The summed E-state index contributed by atoms with van der Waals surface area (Å²) in [5, 5.41) is 0.499. The molecule has 7 nitrogen and oxygen atoms in total. The van der Waals surface area contributed by atoms with Gasteiger partial charge >= 0.3 is 0 Å². The van der Waals surface area contributed by atoms with E-state index in [1.54, 1.807) is 29.4 Å². The molecule has 35 heavy (non-hydrogen) atoms. The number of fused-ring (bicyclic) bond motifs is 8. The van der Waals surface area contributed by atoms with Crippen LogP contribution < -0.4 is 10.5 Å². The number of benzene rings is 2. The van der Waals surface area contributed by atoms with Gasteiger partial charge in [-0.2, -0.15) is 0 Å². The third-order valence-corrected chi connectivity index (χ3v) is 8.58. The number of amides is 2. The van der Waals surface area contributed by atoms with Gasteiger partial charge in [-0.1, -0.05) is 50.3 Å². The Bertz CT molecular complexity index is 1510. The fraction of sp³-hybridized carbons (Fsp3) is 0.357. The lowest BCUT2D eigenvalue weighted by molar-refractivity contribution is -0.141. The van der Waals surface area contributed by atoms with Gasteiger partial charge in [0.25, 0.3) is 5.56 Å². The van der Waals surface area contributed by atoms with Crippen LogP contribution in [-0.2, 0) is 15.0 Å². The first-order valence-electron chi connectivity index (χ1n) is 12.0. The highest BCUT2D eigenvalue weighted by Gasteiger charge is 2.69. The standard InChI is InChI=1S/C28H28N4O3/c1-6-27(4,5)28-15-22-23-29-20-13-9-7-11-18(20)25(35)30(23)16(2)24(34)32(22)26(28)31(17(3)33)21-14-10-8-12-19(21)28/h6-14,16,22,26H,1,15H2,2-5H3/t16-,22?,26?,28-/m1/s1. The van der Waals surface area contributed by atoms with Crippen LogP contribution in [-0.4, -0.2) is 32.4 Å². The second-order valence-electron chi connectivity index (χ2n) is 10.5. The van der Waals surface area contributed by atoms with Crippen LogP contribution in [0.4, 0.5) is 5.69 Å². The number of carbonyl (C=O) groups is 2. The normalized spacial score (nSPS) is 26.9. The third kappa shape index (κ3) is 2.45. The lowest BCUT2D eigenvalue weighted by atomic mass is 9.60. The molecule has 7 heteroatoms. The second-order valence-corrected chi connectivity index (χ2v) is 10.5. The zero-order chi connectivity index (χ0) is 24.9. The largest absolute Gasteiger partial charge is 0.309 e. The van der Waals surface area contributed by atoms with Crippen molar-refractivity contribution >= 4 is 28.4 Å². The number of hydrogen-bond donors (Lipinski definition) is 0. The maximum atomic E-state index is 14.1. The molecule has 3 aromatic rings. The Balaban J connectivity index is 1.69. The van der Waals surface area contributed by atoms with Crippen molar-refractivity contribution in [2.24, 2.45) is 5.41 Å². The van der Waals surface area contributed by atoms with Gasteiger partial charge in [0, 0.05) is 18.0 Å². The Morgan fingerprint density at radius 2 is 1.83 bits per heavy atom. The van der Waals surface area contributed by atoms with Gasteiger partial charge < -0.3 is 4.90 Å². The molecular formula is C28H28N4O3. The zero-order valence-electron chi connectivity index (χ0n) is 20.4. The van der Waals surface area contributed by atoms with Gasteiger partial charge in [0.1, 0.15) is 18.0 Å². The molecule has 0 bridgehead atoms. The summed E-state index contributed by atoms with van der Waals surface area (Å²) in [6.45, 7) is 11.7. The number of rotatable bonds is 2. The molecule has 3 aliphatic heterocycles. The predicted octanol–water partition coefficient (Wildman–Crippen LogP) is 4.09. The van der Waals surface area contributed by atoms with E-state index in [1.165, 1.54) is 0 Å². The highest BCUT2D eigenvalue weighted by Crippen LogP contribution is 2.65. The molecule has 6 rings (SSSR count). The Labute approximate surface area is 203 Å². The molecule has 4 heterocycles. The molecule has 0 aliphatic carbocycles. The van der Waals surface area contributed by atoms with Crippen LogP contribution in [0.5, 0.6) is 0 Å². The van der Waals surface area contributed by atoms with Crippen LogP contribution >= 0.6 is 0 Å². The molecule has 2 aromatic carbocycles. The number of hydrogen-bond acceptors (Lipinski definition) is 4. The van der Waals surface area contributed by atoms with Crippen molar-refractivity contribution in [1.29, 1.82) is 0 Å². The predicted molar refractivity (Wildman–Crippen MR) is 134 cm³/mol. The number of nitrogens with zero attached hydrogens (tertiary/aromatic N) is 4. The first kappa shape index (κ1) is 21.8. The average molecular weight is 469 g/mol. The molecule has 178 valence electrons. The molecule has 2 amide bonds. The summed E-state index contributed by atoms with van der Waals surface area (Å²) in [6.07, 6.45) is 1.91. The van der Waals surface area contributed by atoms with Gasteiger partial charge in [-0.15, -0.1) is 6.58 Å². The minimum Gasteiger partial charge on any atom is -0.309 e. The summed E-state index contributed by atoms with van der Waals surface area (Å²) in [6, 6.07) is 14.0. The van der Waals surface area contributed by atoms with Crippen LogP contribution in [0.1, 0.15) is 57.6 Å². The molecule has 4 atom stereocenters. The molecule has 0 radical (unpaired) electrons. The lowest BCUT2D eigenvalue weighted by Crippen LogP contribution is -2.59. The first-order valence-corrected chi connectivity index (χ1v) is 12.0. The van der Waals surface area contributed by atoms with E-state index in [1.807, 2.05) is 47.4 Å². The van der Waals surface area contributed by atoms with Gasteiger partial charge in [0.2, 0.25) is 11.8 Å². The van der Waals surface area contributed by atoms with Gasteiger partial charge in [0.15, 0.2) is 0 Å². The highest BCUT2D eigenvalue weighted by molar-refractivity contribution is 5.98. The number of para-hydroxylation sites is 2. The van der Waals surface area contributed by atoms with E-state index in [0.717, 1.165) is 11.3 Å². The number of allylic oxidation sites excluding steroid dienone is 1. The minimum atomic E-state index is -0.731. The Hall–Kier alpha value is -3.74. The lowest BCUT2D eigenvalue weighted by Gasteiger charge is -2.46. The van der Waals surface area contributed by atoms with E-state index >= 15 is 0 Å². The summed E-state index contributed by atoms with van der Waals surface area (Å²) >= 11 is 0. The van der Waals surface area contributed by atoms with E-state index in [0.29, 0.717) is 23.1 Å². The molecule has 0 N–H and O–H groups in total. The molecule has 0 spiro atoms. The van der Waals surface area contributed by atoms with Crippen LogP contribution in [0.15, 0.2) is 66.0 Å². The van der Waals surface area contributed by atoms with Gasteiger partial charge in [-0.05, 0) is 42.5 Å². The molecule has 1 saturated heterocycles. The number of carbonyl (C=O) groups excluding carboxylic acids is 2. The van der Waals surface area contributed by atoms with Crippen molar-refractivity contribution in [3.05, 3.63) is 82.9 Å². The highest BCUT2D eigenvalue weighted by atomic mass is 16.2. The van der Waals surface area contributed by atoms with Crippen molar-refractivity contribution < 1.29 is 9.59 Å². The van der Waals surface area contributed by atoms with E-state index < -0.39 is 29.1 Å². The summed E-state index contributed by atoms with van der Waals surface area (Å²) in [5.74, 6) is 0.280. The summed E-state index contributed by atoms with van der Waals surface area (Å²) < 4.78 is 1.56. The smallest absolute Gasteiger partial charge is 0.262 e. The summed E-state index contributed by atoms with van der Waals surface area (Å²) in [7, 11) is 0. The SMILES string of the molecule is C=CC(C)(C)[C@@]12CC3c4nc5ccccc5c(=O)n4[C@H](C)C(=O)N3C1N(C(C)=O)c1ccccc12. The third-order valence-electron chi connectivity index (χ3n) is 8.58. The molecule has 1 fully saturated rings. The fourth-order valence-corrected chi connectivity index (χ4v) is 6.76. The average Bonchev–Trinajstić information content (AvgIpc) is 3.34. The first-order chi connectivity index (χ1) is 16.7. The monoisotopic (exact) mass is 468 g/mol. The number of aromatic nitrogens is 2. The van der Waals surface area contributed by atoms with Crippen molar-refractivity contribution in [3.8, 4) is 0 Å². The Kier molecular flexibility index (Phi) is 4.29.